The molecule has 0 spiro atoms. The van der Waals surface area contributed by atoms with Gasteiger partial charge in [-0.1, -0.05) is 20.3 Å². The van der Waals surface area contributed by atoms with Crippen molar-refractivity contribution in [3.63, 3.8) is 0 Å². The largest absolute Gasteiger partial charge is 0.306 e. The highest BCUT2D eigenvalue weighted by molar-refractivity contribution is 5.42. The quantitative estimate of drug-likeness (QED) is 0.653. The van der Waals surface area contributed by atoms with Gasteiger partial charge in [0.25, 0.3) is 0 Å². The van der Waals surface area contributed by atoms with Crippen LogP contribution in [0.1, 0.15) is 40.5 Å². The summed E-state index contributed by atoms with van der Waals surface area (Å²) in [5, 5.41) is 0. The van der Waals surface area contributed by atoms with Crippen molar-refractivity contribution in [2.75, 3.05) is 6.54 Å². The molecule has 2 atom stereocenters. The van der Waals surface area contributed by atoms with E-state index in [1.54, 1.807) is 0 Å². The molecular weight excluding hydrogens is 162 g/mol. The third-order valence-corrected chi connectivity index (χ3v) is 2.24. The molecule has 0 bridgehead atoms. The summed E-state index contributed by atoms with van der Waals surface area (Å²) < 4.78 is 0. The zero-order valence-corrected chi connectivity index (χ0v) is 9.17. The Morgan fingerprint density at radius 2 is 2.08 bits per heavy atom. The molecule has 0 aliphatic rings. The molecule has 0 rings (SSSR count). The number of aliphatic imine (C=N–C) groups is 2. The van der Waals surface area contributed by atoms with Crippen molar-refractivity contribution in [3.8, 4) is 0 Å². The SMILES string of the molecule is CCCC(C)C(C)(N)N=C=NCC. The first-order valence-electron chi connectivity index (χ1n) is 4.96. The van der Waals surface area contributed by atoms with Gasteiger partial charge in [-0.3, -0.25) is 0 Å². The standard InChI is InChI=1S/C10H21N3/c1-5-7-9(3)10(4,11)13-8-12-6-2/h9H,5-7,11H2,1-4H3. The first kappa shape index (κ1) is 12.3. The van der Waals surface area contributed by atoms with Crippen LogP contribution in [0.3, 0.4) is 0 Å². The first-order valence-corrected chi connectivity index (χ1v) is 4.96. The molecule has 0 aromatic rings. The number of hydrogen-bond donors (Lipinski definition) is 1. The molecule has 0 amide bonds. The van der Waals surface area contributed by atoms with E-state index in [9.17, 15) is 0 Å². The summed E-state index contributed by atoms with van der Waals surface area (Å²) in [4.78, 5) is 8.03. The zero-order chi connectivity index (χ0) is 10.3. The molecule has 0 aliphatic carbocycles. The highest BCUT2D eigenvalue weighted by Gasteiger charge is 2.24. The minimum atomic E-state index is -0.519. The van der Waals surface area contributed by atoms with Crippen LogP contribution in [0.4, 0.5) is 0 Å². The Morgan fingerprint density at radius 3 is 2.54 bits per heavy atom. The number of nitrogens with two attached hydrogens (primary N) is 1. The lowest BCUT2D eigenvalue weighted by Crippen LogP contribution is -2.40. The van der Waals surface area contributed by atoms with Gasteiger partial charge in [0.15, 0.2) is 0 Å². The summed E-state index contributed by atoms with van der Waals surface area (Å²) in [6.07, 6.45) is 2.22. The molecule has 0 aliphatic heterocycles. The fourth-order valence-corrected chi connectivity index (χ4v) is 1.05. The van der Waals surface area contributed by atoms with Crippen LogP contribution in [0.2, 0.25) is 0 Å². The highest BCUT2D eigenvalue weighted by Crippen LogP contribution is 2.19. The summed E-state index contributed by atoms with van der Waals surface area (Å²) in [7, 11) is 0. The molecule has 3 nitrogen and oxygen atoms in total. The molecule has 0 radical (unpaired) electrons. The van der Waals surface area contributed by atoms with Gasteiger partial charge in [0.1, 0.15) is 5.66 Å². The number of rotatable bonds is 5. The lowest BCUT2D eigenvalue weighted by molar-refractivity contribution is 0.311. The van der Waals surface area contributed by atoms with Crippen molar-refractivity contribution in [2.45, 2.75) is 46.2 Å². The minimum absolute atomic E-state index is 0.372. The van der Waals surface area contributed by atoms with E-state index in [1.807, 2.05) is 13.8 Å². The third-order valence-electron chi connectivity index (χ3n) is 2.24. The molecular formula is C10H21N3. The topological polar surface area (TPSA) is 50.7 Å². The average Bonchev–Trinajstić information content (AvgIpc) is 2.05. The second-order valence-electron chi connectivity index (χ2n) is 3.60. The fraction of sp³-hybridized carbons (Fsp3) is 0.900. The van der Waals surface area contributed by atoms with Gasteiger partial charge in [0, 0.05) is 6.54 Å². The Balaban J connectivity index is 4.28. The maximum absolute atomic E-state index is 6.00. The smallest absolute Gasteiger partial charge is 0.118 e. The second-order valence-corrected chi connectivity index (χ2v) is 3.60. The van der Waals surface area contributed by atoms with Gasteiger partial charge in [-0.05, 0) is 26.2 Å². The van der Waals surface area contributed by atoms with Crippen LogP contribution in [0.25, 0.3) is 0 Å². The van der Waals surface area contributed by atoms with Crippen molar-refractivity contribution in [1.29, 1.82) is 0 Å². The van der Waals surface area contributed by atoms with Gasteiger partial charge >= 0.3 is 0 Å². The van der Waals surface area contributed by atoms with Gasteiger partial charge in [-0.15, -0.1) is 0 Å². The van der Waals surface area contributed by atoms with Crippen molar-refractivity contribution in [2.24, 2.45) is 21.6 Å². The average molecular weight is 183 g/mol. The zero-order valence-electron chi connectivity index (χ0n) is 9.17. The number of hydrogen-bond acceptors (Lipinski definition) is 3. The van der Waals surface area contributed by atoms with E-state index in [4.69, 9.17) is 5.73 Å². The predicted octanol–water partition coefficient (Wildman–Crippen LogP) is 2.29. The predicted molar refractivity (Wildman–Crippen MR) is 57.1 cm³/mol. The van der Waals surface area contributed by atoms with Crippen LogP contribution in [0, 0.1) is 5.92 Å². The molecule has 0 aromatic heterocycles. The highest BCUT2D eigenvalue weighted by atomic mass is 15.0. The second kappa shape index (κ2) is 5.90. The first-order chi connectivity index (χ1) is 6.04. The van der Waals surface area contributed by atoms with E-state index >= 15 is 0 Å². The monoisotopic (exact) mass is 183 g/mol. The summed E-state index contributed by atoms with van der Waals surface area (Å²) >= 11 is 0. The molecule has 0 aromatic carbocycles. The van der Waals surface area contributed by atoms with Crippen molar-refractivity contribution in [1.82, 2.24) is 0 Å². The molecule has 3 heteroatoms. The minimum Gasteiger partial charge on any atom is -0.306 e. The molecule has 0 fully saturated rings. The van der Waals surface area contributed by atoms with Crippen molar-refractivity contribution >= 4 is 6.01 Å². The van der Waals surface area contributed by atoms with E-state index < -0.39 is 5.66 Å². The molecule has 2 unspecified atom stereocenters. The Bertz CT molecular complexity index is 190. The summed E-state index contributed by atoms with van der Waals surface area (Å²) in [5.74, 6) is 0.372. The molecule has 76 valence electrons. The molecule has 13 heavy (non-hydrogen) atoms. The van der Waals surface area contributed by atoms with E-state index in [2.05, 4.69) is 29.8 Å². The van der Waals surface area contributed by atoms with Gasteiger partial charge in [-0.2, -0.15) is 0 Å². The lowest BCUT2D eigenvalue weighted by atomic mass is 9.93. The van der Waals surface area contributed by atoms with Crippen molar-refractivity contribution in [3.05, 3.63) is 0 Å². The van der Waals surface area contributed by atoms with Crippen LogP contribution >= 0.6 is 0 Å². The number of nitrogens with zero attached hydrogens (tertiary/aromatic N) is 2. The maximum atomic E-state index is 6.00. The summed E-state index contributed by atoms with van der Waals surface area (Å²) in [5.41, 5.74) is 5.48. The van der Waals surface area contributed by atoms with E-state index in [1.165, 1.54) is 0 Å². The van der Waals surface area contributed by atoms with Gasteiger partial charge in [0.2, 0.25) is 0 Å². The summed E-state index contributed by atoms with van der Waals surface area (Å²) in [6, 6.07) is 2.64. The van der Waals surface area contributed by atoms with Crippen LogP contribution in [-0.4, -0.2) is 18.2 Å². The van der Waals surface area contributed by atoms with Crippen LogP contribution in [0.15, 0.2) is 9.98 Å². The Labute approximate surface area is 81.2 Å². The fourth-order valence-electron chi connectivity index (χ4n) is 1.05. The Kier molecular flexibility index (Phi) is 5.60. The lowest BCUT2D eigenvalue weighted by Gasteiger charge is -2.25. The maximum Gasteiger partial charge on any atom is 0.118 e. The van der Waals surface area contributed by atoms with E-state index in [0.717, 1.165) is 12.8 Å². The van der Waals surface area contributed by atoms with Crippen LogP contribution in [0.5, 0.6) is 0 Å². The molecule has 0 heterocycles. The third kappa shape index (κ3) is 4.81. The Hall–Kier alpha value is -0.660. The van der Waals surface area contributed by atoms with Gasteiger partial charge in [-0.25, -0.2) is 9.98 Å². The molecule has 2 N–H and O–H groups in total. The molecule has 0 saturated heterocycles. The summed E-state index contributed by atoms with van der Waals surface area (Å²) in [6.45, 7) is 8.84. The van der Waals surface area contributed by atoms with Crippen LogP contribution in [-0.2, 0) is 0 Å². The Morgan fingerprint density at radius 1 is 1.46 bits per heavy atom. The normalized spacial score (nSPS) is 17.0. The van der Waals surface area contributed by atoms with Gasteiger partial charge in [0.05, 0.1) is 6.01 Å². The van der Waals surface area contributed by atoms with E-state index in [-0.39, 0.29) is 0 Å². The van der Waals surface area contributed by atoms with E-state index in [0.29, 0.717) is 12.5 Å². The molecule has 0 saturated carbocycles. The van der Waals surface area contributed by atoms with Crippen molar-refractivity contribution < 1.29 is 0 Å². The van der Waals surface area contributed by atoms with Crippen LogP contribution < -0.4 is 5.73 Å². The van der Waals surface area contributed by atoms with Gasteiger partial charge < -0.3 is 5.73 Å².